The second-order valence-corrected chi connectivity index (χ2v) is 10.1. The van der Waals surface area contributed by atoms with Gasteiger partial charge in [-0.05, 0) is 42.0 Å². The van der Waals surface area contributed by atoms with E-state index in [-0.39, 0.29) is 34.9 Å². The van der Waals surface area contributed by atoms with E-state index in [1.807, 2.05) is 19.9 Å². The Hall–Kier alpha value is -3.87. The number of carbonyl (C=O) groups excluding carboxylic acids is 2. The summed E-state index contributed by atoms with van der Waals surface area (Å²) < 4.78 is 7.05. The van der Waals surface area contributed by atoms with Crippen molar-refractivity contribution >= 4 is 17.9 Å². The van der Waals surface area contributed by atoms with Gasteiger partial charge in [0, 0.05) is 37.4 Å². The van der Waals surface area contributed by atoms with Crippen LogP contribution in [-0.4, -0.2) is 34.4 Å². The molecule has 3 heterocycles. The van der Waals surface area contributed by atoms with Crippen molar-refractivity contribution in [1.82, 2.24) is 14.8 Å². The molecule has 0 unspecified atom stereocenters. The number of allylic oxidation sites excluding steroid dienone is 1. The second kappa shape index (κ2) is 9.64. The Morgan fingerprint density at radius 3 is 2.53 bits per heavy atom. The first-order valence-corrected chi connectivity index (χ1v) is 12.5. The fourth-order valence-corrected chi connectivity index (χ4v) is 5.30. The van der Waals surface area contributed by atoms with Crippen LogP contribution in [0.15, 0.2) is 70.3 Å². The number of carbonyl (C=O) groups is 2. The average Bonchev–Trinajstić information content (AvgIpc) is 3.52. The van der Waals surface area contributed by atoms with Crippen LogP contribution in [-0.2, 0) is 18.5 Å². The zero-order chi connectivity index (χ0) is 25.3. The molecule has 2 aliphatic rings. The van der Waals surface area contributed by atoms with Crippen molar-refractivity contribution in [3.63, 3.8) is 0 Å². The number of fused-ring (bicyclic) bond motifs is 2. The zero-order valence-electron chi connectivity index (χ0n) is 20.7. The molecule has 1 aliphatic heterocycles. The Morgan fingerprint density at radius 1 is 1.06 bits per heavy atom. The van der Waals surface area contributed by atoms with Crippen LogP contribution in [0.4, 0.5) is 0 Å². The molecule has 3 aromatic rings. The van der Waals surface area contributed by atoms with Gasteiger partial charge in [0.1, 0.15) is 16.9 Å². The van der Waals surface area contributed by atoms with Gasteiger partial charge in [0.05, 0.1) is 12.8 Å². The van der Waals surface area contributed by atoms with Crippen LogP contribution in [0.25, 0.3) is 6.08 Å². The first-order valence-electron chi connectivity index (χ1n) is 12.5. The van der Waals surface area contributed by atoms with Crippen molar-refractivity contribution in [3.8, 4) is 0 Å². The molecule has 0 radical (unpaired) electrons. The molecule has 1 N–H and O–H groups in total. The summed E-state index contributed by atoms with van der Waals surface area (Å²) >= 11 is 0. The molecule has 2 amide bonds. The lowest BCUT2D eigenvalue weighted by atomic mass is 9.74. The van der Waals surface area contributed by atoms with Gasteiger partial charge in [-0.2, -0.15) is 0 Å². The van der Waals surface area contributed by atoms with Crippen molar-refractivity contribution in [1.29, 1.82) is 0 Å². The first kappa shape index (κ1) is 23.9. The molecule has 36 heavy (non-hydrogen) atoms. The van der Waals surface area contributed by atoms with Crippen molar-refractivity contribution in [2.24, 2.45) is 5.92 Å². The summed E-state index contributed by atoms with van der Waals surface area (Å²) in [6.07, 6.45) is 10.7. The SMILES string of the molecule is CC(C)Cn1cc(C(=O)NCc2ccco2)c(=O)c(C(=O)N2CCC3(C=Cc4ccccc43)CC2)c1. The normalized spacial score (nSPS) is 15.9. The molecule has 1 aromatic carbocycles. The third kappa shape index (κ3) is 4.53. The lowest BCUT2D eigenvalue weighted by Crippen LogP contribution is -2.45. The van der Waals surface area contributed by atoms with Gasteiger partial charge in [0.25, 0.3) is 11.8 Å². The number of hydrogen-bond donors (Lipinski definition) is 1. The van der Waals surface area contributed by atoms with Gasteiger partial charge in [-0.1, -0.05) is 50.3 Å². The number of furan rings is 1. The maximum absolute atomic E-state index is 13.6. The number of nitrogens with zero attached hydrogens (tertiary/aromatic N) is 2. The highest BCUT2D eigenvalue weighted by Crippen LogP contribution is 2.43. The van der Waals surface area contributed by atoms with E-state index >= 15 is 0 Å². The molecule has 0 saturated carbocycles. The van der Waals surface area contributed by atoms with Gasteiger partial charge in [0.2, 0.25) is 5.43 Å². The first-order chi connectivity index (χ1) is 17.4. The Kier molecular flexibility index (Phi) is 6.39. The molecule has 1 aliphatic carbocycles. The van der Waals surface area contributed by atoms with Gasteiger partial charge in [-0.3, -0.25) is 14.4 Å². The summed E-state index contributed by atoms with van der Waals surface area (Å²) in [6.45, 7) is 5.95. The van der Waals surface area contributed by atoms with E-state index in [9.17, 15) is 14.4 Å². The number of benzene rings is 1. The molecule has 7 nitrogen and oxygen atoms in total. The maximum Gasteiger partial charge on any atom is 0.259 e. The van der Waals surface area contributed by atoms with E-state index in [1.54, 1.807) is 34.0 Å². The standard InChI is InChI=1S/C29H31N3O4/c1-20(2)17-31-18-23(27(34)30-16-22-7-5-15-36-22)26(33)24(19-31)28(35)32-13-11-29(12-14-32)10-9-21-6-3-4-8-25(21)29/h3-10,15,18-20H,11-14,16-17H2,1-2H3,(H,30,34). The Balaban J connectivity index is 1.37. The van der Waals surface area contributed by atoms with Crippen LogP contribution in [0, 0.1) is 5.92 Å². The van der Waals surface area contributed by atoms with Crippen LogP contribution in [0.1, 0.15) is 64.3 Å². The number of rotatable bonds is 6. The molecular formula is C29H31N3O4. The topological polar surface area (TPSA) is 84.5 Å². The van der Waals surface area contributed by atoms with Crippen molar-refractivity contribution < 1.29 is 14.0 Å². The Bertz CT molecular complexity index is 1360. The molecular weight excluding hydrogens is 454 g/mol. The minimum absolute atomic E-state index is 0.0332. The number of amides is 2. The number of likely N-dealkylation sites (tertiary alicyclic amines) is 1. The summed E-state index contributed by atoms with van der Waals surface area (Å²) in [5, 5.41) is 2.73. The lowest BCUT2D eigenvalue weighted by Gasteiger charge is -2.39. The fourth-order valence-electron chi connectivity index (χ4n) is 5.30. The smallest absolute Gasteiger partial charge is 0.259 e. The number of pyridine rings is 1. The minimum Gasteiger partial charge on any atom is -0.467 e. The molecule has 1 fully saturated rings. The van der Waals surface area contributed by atoms with Crippen LogP contribution in [0.2, 0.25) is 0 Å². The molecule has 7 heteroatoms. The summed E-state index contributed by atoms with van der Waals surface area (Å²) in [6, 6.07) is 11.9. The molecule has 186 valence electrons. The van der Waals surface area contributed by atoms with E-state index in [0.29, 0.717) is 25.4 Å². The second-order valence-electron chi connectivity index (χ2n) is 10.1. The molecule has 2 aromatic heterocycles. The molecule has 1 spiro atoms. The number of nitrogens with one attached hydrogen (secondary N) is 1. The molecule has 0 bridgehead atoms. The minimum atomic E-state index is -0.539. The van der Waals surface area contributed by atoms with E-state index < -0.39 is 11.3 Å². The maximum atomic E-state index is 13.6. The Morgan fingerprint density at radius 2 is 1.81 bits per heavy atom. The quantitative estimate of drug-likeness (QED) is 0.566. The third-order valence-electron chi connectivity index (χ3n) is 7.16. The number of piperidine rings is 1. The summed E-state index contributed by atoms with van der Waals surface area (Å²) in [4.78, 5) is 41.6. The summed E-state index contributed by atoms with van der Waals surface area (Å²) in [7, 11) is 0. The average molecular weight is 486 g/mol. The zero-order valence-corrected chi connectivity index (χ0v) is 20.7. The van der Waals surface area contributed by atoms with E-state index in [2.05, 4.69) is 35.7 Å². The highest BCUT2D eigenvalue weighted by atomic mass is 16.3. The monoisotopic (exact) mass is 485 g/mol. The predicted octanol–water partition coefficient (Wildman–Crippen LogP) is 4.23. The summed E-state index contributed by atoms with van der Waals surface area (Å²) in [5.41, 5.74) is 1.96. The van der Waals surface area contributed by atoms with Gasteiger partial charge in [-0.25, -0.2) is 0 Å². The van der Waals surface area contributed by atoms with E-state index in [4.69, 9.17) is 4.42 Å². The van der Waals surface area contributed by atoms with Crippen LogP contribution >= 0.6 is 0 Å². The Labute approximate surface area is 210 Å². The third-order valence-corrected chi connectivity index (χ3v) is 7.16. The van der Waals surface area contributed by atoms with Gasteiger partial charge in [-0.15, -0.1) is 0 Å². The van der Waals surface area contributed by atoms with Crippen LogP contribution in [0.5, 0.6) is 0 Å². The predicted molar refractivity (Wildman–Crippen MR) is 138 cm³/mol. The highest BCUT2D eigenvalue weighted by Gasteiger charge is 2.39. The van der Waals surface area contributed by atoms with Crippen molar-refractivity contribution in [3.05, 3.63) is 99.4 Å². The van der Waals surface area contributed by atoms with Crippen molar-refractivity contribution in [2.45, 2.75) is 45.2 Å². The fraction of sp³-hybridized carbons (Fsp3) is 0.345. The molecule has 1 saturated heterocycles. The summed E-state index contributed by atoms with van der Waals surface area (Å²) in [5.74, 6) is 0.0265. The lowest BCUT2D eigenvalue weighted by molar-refractivity contribution is 0.0688. The molecule has 0 atom stereocenters. The molecule has 5 rings (SSSR count). The largest absolute Gasteiger partial charge is 0.467 e. The van der Waals surface area contributed by atoms with Crippen LogP contribution in [0.3, 0.4) is 0 Å². The van der Waals surface area contributed by atoms with Gasteiger partial charge >= 0.3 is 0 Å². The van der Waals surface area contributed by atoms with E-state index in [0.717, 1.165) is 12.8 Å². The van der Waals surface area contributed by atoms with Crippen LogP contribution < -0.4 is 10.7 Å². The van der Waals surface area contributed by atoms with Gasteiger partial charge < -0.3 is 19.2 Å². The highest BCUT2D eigenvalue weighted by molar-refractivity contribution is 5.99. The van der Waals surface area contributed by atoms with Gasteiger partial charge in [0.15, 0.2) is 0 Å². The van der Waals surface area contributed by atoms with Crippen molar-refractivity contribution in [2.75, 3.05) is 13.1 Å². The van der Waals surface area contributed by atoms with E-state index in [1.165, 1.54) is 17.4 Å². The number of hydrogen-bond acceptors (Lipinski definition) is 4. The number of aromatic nitrogens is 1.